The fraction of sp³-hybridized carbons (Fsp3) is 0.148. The number of amides is 1. The minimum atomic E-state index is -0.765. The van der Waals surface area contributed by atoms with E-state index in [4.69, 9.17) is 9.15 Å². The van der Waals surface area contributed by atoms with Crippen molar-refractivity contribution in [2.24, 2.45) is 4.99 Å². The Morgan fingerprint density at radius 1 is 1.18 bits per heavy atom. The Morgan fingerprint density at radius 2 is 1.92 bits per heavy atom. The van der Waals surface area contributed by atoms with Crippen LogP contribution in [0.15, 0.2) is 92.2 Å². The molecular formula is C27H22N4O6S. The summed E-state index contributed by atoms with van der Waals surface area (Å²) >= 11 is 1.11. The van der Waals surface area contributed by atoms with Gasteiger partial charge in [0, 0.05) is 11.8 Å². The van der Waals surface area contributed by atoms with E-state index in [0.717, 1.165) is 11.3 Å². The summed E-state index contributed by atoms with van der Waals surface area (Å²) in [4.78, 5) is 42.6. The number of fused-ring (bicyclic) bond motifs is 1. The van der Waals surface area contributed by atoms with E-state index < -0.39 is 22.4 Å². The minimum Gasteiger partial charge on any atom is -0.494 e. The lowest BCUT2D eigenvalue weighted by molar-refractivity contribution is -0.402. The number of hydrogen-bond donors (Lipinski definition) is 1. The zero-order valence-electron chi connectivity index (χ0n) is 20.4. The lowest BCUT2D eigenvalue weighted by Crippen LogP contribution is -2.40. The van der Waals surface area contributed by atoms with Crippen LogP contribution >= 0.6 is 11.3 Å². The number of nitro groups is 1. The predicted molar refractivity (Wildman–Crippen MR) is 142 cm³/mol. The van der Waals surface area contributed by atoms with Gasteiger partial charge in [0.05, 0.1) is 34.5 Å². The number of ether oxygens (including phenoxy) is 1. The van der Waals surface area contributed by atoms with Gasteiger partial charge in [-0.1, -0.05) is 41.7 Å². The Balaban J connectivity index is 1.64. The van der Waals surface area contributed by atoms with Crippen LogP contribution in [0.1, 0.15) is 31.2 Å². The first-order chi connectivity index (χ1) is 18.4. The molecule has 0 bridgehead atoms. The summed E-state index contributed by atoms with van der Waals surface area (Å²) in [5.41, 5.74) is 1.70. The summed E-state index contributed by atoms with van der Waals surface area (Å²) < 4.78 is 12.5. The van der Waals surface area contributed by atoms with Crippen LogP contribution in [0.25, 0.3) is 6.08 Å². The molecule has 1 aliphatic heterocycles. The van der Waals surface area contributed by atoms with Gasteiger partial charge < -0.3 is 14.5 Å². The molecular weight excluding hydrogens is 508 g/mol. The molecule has 192 valence electrons. The van der Waals surface area contributed by atoms with Gasteiger partial charge in [-0.3, -0.25) is 24.3 Å². The lowest BCUT2D eigenvalue weighted by Gasteiger charge is -2.25. The van der Waals surface area contributed by atoms with Crippen LogP contribution < -0.4 is 24.9 Å². The second-order valence-electron chi connectivity index (χ2n) is 8.34. The number of carbonyl (C=O) groups excluding carboxylic acids is 1. The number of aromatic nitrogens is 1. The molecule has 2 aromatic heterocycles. The molecule has 38 heavy (non-hydrogen) atoms. The highest BCUT2D eigenvalue weighted by Crippen LogP contribution is 2.31. The SMILES string of the molecule is CCOc1ccc([C@H]2C(C(=O)Nc3ccccc3)=C(C)N=c3s/c(=C\c4ccc([N+](=O)[O-])o4)c(=O)n32)cc1. The highest BCUT2D eigenvalue weighted by atomic mass is 32.1. The molecule has 0 unspecified atom stereocenters. The molecule has 1 amide bonds. The molecule has 4 aromatic rings. The van der Waals surface area contributed by atoms with Crippen LogP contribution in [0.5, 0.6) is 5.75 Å². The van der Waals surface area contributed by atoms with Crippen LogP contribution in [-0.4, -0.2) is 22.0 Å². The maximum atomic E-state index is 13.7. The fourth-order valence-electron chi connectivity index (χ4n) is 4.21. The summed E-state index contributed by atoms with van der Waals surface area (Å²) in [7, 11) is 0. The number of furan rings is 1. The molecule has 1 aliphatic rings. The van der Waals surface area contributed by atoms with Crippen LogP contribution in [0.4, 0.5) is 11.6 Å². The number of benzene rings is 2. The monoisotopic (exact) mass is 530 g/mol. The molecule has 0 saturated heterocycles. The average Bonchev–Trinajstić information content (AvgIpc) is 3.49. The fourth-order valence-corrected chi connectivity index (χ4v) is 5.23. The molecule has 1 atom stereocenters. The number of para-hydroxylation sites is 1. The van der Waals surface area contributed by atoms with Crippen molar-refractivity contribution in [1.82, 2.24) is 4.57 Å². The molecule has 1 N–H and O–H groups in total. The van der Waals surface area contributed by atoms with Crippen molar-refractivity contribution in [3.05, 3.63) is 119 Å². The zero-order chi connectivity index (χ0) is 26.8. The van der Waals surface area contributed by atoms with Crippen molar-refractivity contribution in [3.63, 3.8) is 0 Å². The summed E-state index contributed by atoms with van der Waals surface area (Å²) in [6.45, 7) is 4.12. The van der Waals surface area contributed by atoms with Gasteiger partial charge in [-0.05, 0) is 49.7 Å². The smallest absolute Gasteiger partial charge is 0.433 e. The highest BCUT2D eigenvalue weighted by Gasteiger charge is 2.32. The normalized spacial score (nSPS) is 15.1. The molecule has 0 radical (unpaired) electrons. The van der Waals surface area contributed by atoms with Gasteiger partial charge in [0.25, 0.3) is 11.5 Å². The van der Waals surface area contributed by atoms with Gasteiger partial charge in [-0.15, -0.1) is 0 Å². The number of hydrogen-bond acceptors (Lipinski definition) is 8. The van der Waals surface area contributed by atoms with E-state index in [2.05, 4.69) is 10.3 Å². The van der Waals surface area contributed by atoms with Crippen LogP contribution in [-0.2, 0) is 4.79 Å². The van der Waals surface area contributed by atoms with E-state index in [1.165, 1.54) is 22.8 Å². The van der Waals surface area contributed by atoms with E-state index in [9.17, 15) is 19.7 Å². The van der Waals surface area contributed by atoms with Crippen molar-refractivity contribution >= 4 is 34.9 Å². The predicted octanol–water partition coefficient (Wildman–Crippen LogP) is 3.77. The Kier molecular flexibility index (Phi) is 6.75. The summed E-state index contributed by atoms with van der Waals surface area (Å²) in [6.07, 6.45) is 1.44. The van der Waals surface area contributed by atoms with Gasteiger partial charge in [0.2, 0.25) is 0 Å². The number of allylic oxidation sites excluding steroid dienone is 1. The highest BCUT2D eigenvalue weighted by molar-refractivity contribution is 7.07. The van der Waals surface area contributed by atoms with Gasteiger partial charge in [0.15, 0.2) is 4.80 Å². The maximum absolute atomic E-state index is 13.7. The topological polar surface area (TPSA) is 129 Å². The lowest BCUT2D eigenvalue weighted by atomic mass is 9.95. The third kappa shape index (κ3) is 4.78. The van der Waals surface area contributed by atoms with Gasteiger partial charge >= 0.3 is 5.88 Å². The van der Waals surface area contributed by atoms with Crippen molar-refractivity contribution in [2.75, 3.05) is 11.9 Å². The minimum absolute atomic E-state index is 0.164. The van der Waals surface area contributed by atoms with Crippen molar-refractivity contribution < 1.29 is 18.9 Å². The number of nitrogens with one attached hydrogen (secondary N) is 1. The third-order valence-corrected chi connectivity index (χ3v) is 6.85. The van der Waals surface area contributed by atoms with Gasteiger partial charge in [0.1, 0.15) is 16.4 Å². The molecule has 5 rings (SSSR count). The average molecular weight is 531 g/mol. The van der Waals surface area contributed by atoms with Crippen LogP contribution in [0.3, 0.4) is 0 Å². The van der Waals surface area contributed by atoms with Crippen molar-refractivity contribution in [2.45, 2.75) is 19.9 Å². The quantitative estimate of drug-likeness (QED) is 0.286. The number of thiazole rings is 1. The van der Waals surface area contributed by atoms with E-state index in [1.807, 2.05) is 37.3 Å². The van der Waals surface area contributed by atoms with Crippen molar-refractivity contribution in [1.29, 1.82) is 0 Å². The molecule has 0 aliphatic carbocycles. The number of rotatable bonds is 7. The molecule has 10 nitrogen and oxygen atoms in total. The van der Waals surface area contributed by atoms with Crippen LogP contribution in [0.2, 0.25) is 0 Å². The summed E-state index contributed by atoms with van der Waals surface area (Å²) in [5.74, 6) is 0.0238. The van der Waals surface area contributed by atoms with Crippen LogP contribution in [0, 0.1) is 10.1 Å². The molecule has 11 heteroatoms. The first kappa shape index (κ1) is 24.9. The Morgan fingerprint density at radius 3 is 2.58 bits per heavy atom. The van der Waals surface area contributed by atoms with Gasteiger partial charge in [-0.25, -0.2) is 4.99 Å². The molecule has 2 aromatic carbocycles. The standard InChI is InChI=1S/C27H22N4O6S/c1-3-36-19-11-9-17(10-12-19)24-23(25(32)29-18-7-5-4-6-8-18)16(2)28-27-30(24)26(33)21(38-27)15-20-13-14-22(37-20)31(34)35/h4-15,24H,3H2,1-2H3,(H,29,32)/b21-15-/t24-/m0/s1. The Labute approximate surface area is 220 Å². The molecule has 3 heterocycles. The van der Waals surface area contributed by atoms with Gasteiger partial charge in [-0.2, -0.15) is 0 Å². The van der Waals surface area contributed by atoms with Crippen molar-refractivity contribution in [3.8, 4) is 5.75 Å². The van der Waals surface area contributed by atoms with E-state index in [0.29, 0.717) is 39.7 Å². The molecule has 0 saturated carbocycles. The first-order valence-corrected chi connectivity index (χ1v) is 12.5. The second-order valence-corrected chi connectivity index (χ2v) is 9.35. The third-order valence-electron chi connectivity index (χ3n) is 5.87. The Bertz CT molecular complexity index is 1730. The second kappa shape index (κ2) is 10.3. The van der Waals surface area contributed by atoms with E-state index in [1.54, 1.807) is 31.2 Å². The number of nitrogens with zero attached hydrogens (tertiary/aromatic N) is 3. The van der Waals surface area contributed by atoms with E-state index >= 15 is 0 Å². The number of carbonyl (C=O) groups is 1. The largest absolute Gasteiger partial charge is 0.494 e. The summed E-state index contributed by atoms with van der Waals surface area (Å²) in [6, 6.07) is 18.1. The van der Waals surface area contributed by atoms with E-state index in [-0.39, 0.29) is 16.2 Å². The maximum Gasteiger partial charge on any atom is 0.433 e. The molecule has 0 spiro atoms. The zero-order valence-corrected chi connectivity index (χ0v) is 21.2. The number of anilines is 1. The summed E-state index contributed by atoms with van der Waals surface area (Å²) in [5, 5.41) is 13.9. The Hall–Kier alpha value is -4.77. The molecule has 0 fully saturated rings. The first-order valence-electron chi connectivity index (χ1n) is 11.7.